The first kappa shape index (κ1) is 12.5. The van der Waals surface area contributed by atoms with Crippen LogP contribution in [-0.4, -0.2) is 11.7 Å². The molecule has 0 saturated heterocycles. The van der Waals surface area contributed by atoms with E-state index in [2.05, 4.69) is 0 Å². The van der Waals surface area contributed by atoms with Crippen LogP contribution in [0.2, 0.25) is 0 Å². The number of phenolic OH excluding ortho intramolecular Hbond substituents is 1. The van der Waals surface area contributed by atoms with Crippen LogP contribution in [0.5, 0.6) is 11.5 Å². The van der Waals surface area contributed by atoms with Crippen molar-refractivity contribution in [2.75, 3.05) is 6.61 Å². The lowest BCUT2D eigenvalue weighted by Crippen LogP contribution is -2.41. The number of halogens is 1. The maximum absolute atomic E-state index is 14.1. The highest BCUT2D eigenvalue weighted by Crippen LogP contribution is 2.56. The van der Waals surface area contributed by atoms with E-state index in [1.165, 1.54) is 0 Å². The molecule has 19 heavy (non-hydrogen) atoms. The van der Waals surface area contributed by atoms with Crippen molar-refractivity contribution in [3.05, 3.63) is 36.2 Å². The summed E-state index contributed by atoms with van der Waals surface area (Å²) in [5.74, 6) is 0.988. The van der Waals surface area contributed by atoms with E-state index in [1.54, 1.807) is 30.3 Å². The fourth-order valence-electron chi connectivity index (χ4n) is 3.08. The first-order valence-electron chi connectivity index (χ1n) is 6.82. The predicted molar refractivity (Wildman–Crippen MR) is 71.8 cm³/mol. The molecule has 0 radical (unpaired) electrons. The lowest BCUT2D eigenvalue weighted by atomic mass is 9.58. The molecule has 2 bridgehead atoms. The van der Waals surface area contributed by atoms with Gasteiger partial charge in [-0.15, -0.1) is 0 Å². The number of hydrogen-bond donors (Lipinski definition) is 1. The van der Waals surface area contributed by atoms with Crippen molar-refractivity contribution >= 4 is 0 Å². The lowest BCUT2D eigenvalue weighted by Gasteiger charge is -2.48. The third-order valence-corrected chi connectivity index (χ3v) is 4.72. The second-order valence-corrected chi connectivity index (χ2v) is 6.20. The molecule has 4 rings (SSSR count). The molecule has 1 saturated carbocycles. The maximum Gasteiger partial charge on any atom is 0.119 e. The van der Waals surface area contributed by atoms with Gasteiger partial charge in [0.1, 0.15) is 17.3 Å². The summed E-state index contributed by atoms with van der Waals surface area (Å²) in [7, 11) is 0. The summed E-state index contributed by atoms with van der Waals surface area (Å²) < 4.78 is 19.8. The number of ether oxygens (including phenoxy) is 1. The van der Waals surface area contributed by atoms with Gasteiger partial charge in [-0.25, -0.2) is 4.39 Å². The zero-order valence-corrected chi connectivity index (χ0v) is 11.2. The summed E-state index contributed by atoms with van der Waals surface area (Å²) in [6.45, 7) is 2.53. The standard InChI is InChI=1S/C16H19FO2/c1-15-6-8-16(9-7-15,10-14(15)17)11-19-13-4-2-12(18)3-5-13/h2-5,10,18H,6-9,11H2,1H3. The normalized spacial score (nSPS) is 33.1. The summed E-state index contributed by atoms with van der Waals surface area (Å²) in [6.07, 6.45) is 5.60. The summed E-state index contributed by atoms with van der Waals surface area (Å²) in [5.41, 5.74) is -0.361. The van der Waals surface area contributed by atoms with Gasteiger partial charge in [-0.05, 0) is 56.0 Å². The molecule has 0 unspecified atom stereocenters. The van der Waals surface area contributed by atoms with Crippen LogP contribution >= 0.6 is 0 Å². The van der Waals surface area contributed by atoms with Gasteiger partial charge in [0.15, 0.2) is 0 Å². The fourth-order valence-corrected chi connectivity index (χ4v) is 3.08. The van der Waals surface area contributed by atoms with Gasteiger partial charge in [0.25, 0.3) is 0 Å². The number of aromatic hydroxyl groups is 1. The average molecular weight is 262 g/mol. The highest BCUT2D eigenvalue weighted by atomic mass is 19.1. The Kier molecular flexibility index (Phi) is 2.80. The summed E-state index contributed by atoms with van der Waals surface area (Å²) in [5, 5.41) is 9.23. The molecule has 3 heteroatoms. The quantitative estimate of drug-likeness (QED) is 0.884. The predicted octanol–water partition coefficient (Wildman–Crippen LogP) is 4.20. The van der Waals surface area contributed by atoms with Crippen molar-refractivity contribution in [3.8, 4) is 11.5 Å². The van der Waals surface area contributed by atoms with E-state index in [0.717, 1.165) is 31.4 Å². The van der Waals surface area contributed by atoms with Crippen LogP contribution in [0.3, 0.4) is 0 Å². The van der Waals surface area contributed by atoms with Crippen LogP contribution in [0.1, 0.15) is 32.6 Å². The van der Waals surface area contributed by atoms with Crippen LogP contribution in [0.4, 0.5) is 4.39 Å². The van der Waals surface area contributed by atoms with Crippen LogP contribution in [0.25, 0.3) is 0 Å². The first-order valence-corrected chi connectivity index (χ1v) is 6.82. The Hall–Kier alpha value is -1.51. The zero-order valence-electron chi connectivity index (χ0n) is 11.2. The topological polar surface area (TPSA) is 29.5 Å². The third-order valence-electron chi connectivity index (χ3n) is 4.72. The molecule has 0 heterocycles. The van der Waals surface area contributed by atoms with Gasteiger partial charge in [-0.3, -0.25) is 0 Å². The largest absolute Gasteiger partial charge is 0.508 e. The van der Waals surface area contributed by atoms with E-state index in [0.29, 0.717) is 6.61 Å². The fraction of sp³-hybridized carbons (Fsp3) is 0.500. The summed E-state index contributed by atoms with van der Waals surface area (Å²) in [4.78, 5) is 0. The Bertz CT molecular complexity index is 496. The molecule has 0 spiro atoms. The molecular formula is C16H19FO2. The van der Waals surface area contributed by atoms with E-state index >= 15 is 0 Å². The van der Waals surface area contributed by atoms with Crippen LogP contribution in [0.15, 0.2) is 36.2 Å². The van der Waals surface area contributed by atoms with E-state index < -0.39 is 0 Å². The molecule has 0 atom stereocenters. The van der Waals surface area contributed by atoms with Crippen molar-refractivity contribution in [1.29, 1.82) is 0 Å². The highest BCUT2D eigenvalue weighted by molar-refractivity contribution is 5.30. The molecule has 0 aromatic heterocycles. The van der Waals surface area contributed by atoms with Crippen molar-refractivity contribution in [2.24, 2.45) is 10.8 Å². The molecule has 3 aliphatic carbocycles. The van der Waals surface area contributed by atoms with Gasteiger partial charge in [0.05, 0.1) is 6.61 Å². The number of allylic oxidation sites excluding steroid dienone is 1. The van der Waals surface area contributed by atoms with Crippen LogP contribution in [0, 0.1) is 10.8 Å². The molecule has 2 nitrogen and oxygen atoms in total. The van der Waals surface area contributed by atoms with Crippen molar-refractivity contribution < 1.29 is 14.2 Å². The molecule has 1 aromatic rings. The molecule has 102 valence electrons. The smallest absolute Gasteiger partial charge is 0.119 e. The summed E-state index contributed by atoms with van der Waals surface area (Å²) >= 11 is 0. The Morgan fingerprint density at radius 1 is 1.16 bits per heavy atom. The minimum absolute atomic E-state index is 0.0410. The van der Waals surface area contributed by atoms with E-state index in [-0.39, 0.29) is 22.4 Å². The minimum atomic E-state index is -0.222. The molecule has 0 aliphatic heterocycles. The van der Waals surface area contributed by atoms with Crippen molar-refractivity contribution in [1.82, 2.24) is 0 Å². The van der Waals surface area contributed by atoms with Gasteiger partial charge in [0, 0.05) is 10.8 Å². The molecule has 1 aromatic carbocycles. The Morgan fingerprint density at radius 3 is 2.37 bits per heavy atom. The SMILES string of the molecule is CC12CCC(COc3ccc(O)cc3)(C=C1F)CC2. The third kappa shape index (κ3) is 2.22. The van der Waals surface area contributed by atoms with E-state index in [4.69, 9.17) is 4.74 Å². The second-order valence-electron chi connectivity index (χ2n) is 6.20. The van der Waals surface area contributed by atoms with Gasteiger partial charge < -0.3 is 9.84 Å². The zero-order chi connectivity index (χ0) is 13.5. The number of phenols is 1. The Morgan fingerprint density at radius 2 is 1.79 bits per heavy atom. The van der Waals surface area contributed by atoms with E-state index in [1.807, 2.05) is 6.92 Å². The first-order chi connectivity index (χ1) is 9.01. The Balaban J connectivity index is 1.72. The van der Waals surface area contributed by atoms with E-state index in [9.17, 15) is 9.50 Å². The minimum Gasteiger partial charge on any atom is -0.508 e. The lowest BCUT2D eigenvalue weighted by molar-refractivity contribution is 0.0566. The van der Waals surface area contributed by atoms with Gasteiger partial charge in [-0.2, -0.15) is 0 Å². The second kappa shape index (κ2) is 4.26. The monoisotopic (exact) mass is 262 g/mol. The number of hydrogen-bond acceptors (Lipinski definition) is 2. The van der Waals surface area contributed by atoms with Crippen LogP contribution in [-0.2, 0) is 0 Å². The Labute approximate surface area is 112 Å². The highest BCUT2D eigenvalue weighted by Gasteiger charge is 2.47. The number of rotatable bonds is 3. The molecule has 1 fully saturated rings. The molecule has 1 N–H and O–H groups in total. The number of fused-ring (bicyclic) bond motifs is 2. The van der Waals surface area contributed by atoms with Crippen molar-refractivity contribution in [2.45, 2.75) is 32.6 Å². The van der Waals surface area contributed by atoms with Gasteiger partial charge in [-0.1, -0.05) is 6.92 Å². The van der Waals surface area contributed by atoms with Gasteiger partial charge in [0.2, 0.25) is 0 Å². The molecule has 0 amide bonds. The summed E-state index contributed by atoms with van der Waals surface area (Å²) in [6, 6.07) is 6.67. The molecule has 3 aliphatic rings. The average Bonchev–Trinajstić information content (AvgIpc) is 2.41. The van der Waals surface area contributed by atoms with Crippen LogP contribution < -0.4 is 4.74 Å². The molecular weight excluding hydrogens is 243 g/mol. The van der Waals surface area contributed by atoms with Gasteiger partial charge >= 0.3 is 0 Å². The number of benzene rings is 1. The van der Waals surface area contributed by atoms with Crippen molar-refractivity contribution in [3.63, 3.8) is 0 Å². The maximum atomic E-state index is 14.1.